The van der Waals surface area contributed by atoms with Gasteiger partial charge in [0.15, 0.2) is 9.84 Å². The van der Waals surface area contributed by atoms with Crippen LogP contribution in [0.3, 0.4) is 0 Å². The first-order valence-corrected chi connectivity index (χ1v) is 7.29. The molecule has 1 aromatic rings. The summed E-state index contributed by atoms with van der Waals surface area (Å²) in [5.41, 5.74) is 1.09. The second-order valence-electron chi connectivity index (χ2n) is 4.36. The molecule has 1 N–H and O–H groups in total. The molecule has 0 saturated carbocycles. The van der Waals surface area contributed by atoms with E-state index >= 15 is 0 Å². The van der Waals surface area contributed by atoms with Crippen LogP contribution in [-0.2, 0) is 23.4 Å². The zero-order valence-corrected chi connectivity index (χ0v) is 10.2. The molecule has 0 aromatic carbocycles. The Morgan fingerprint density at radius 2 is 2.44 bits per heavy atom. The van der Waals surface area contributed by atoms with E-state index in [0.717, 1.165) is 18.4 Å². The third kappa shape index (κ3) is 3.05. The molecule has 1 fully saturated rings. The summed E-state index contributed by atoms with van der Waals surface area (Å²) >= 11 is 0. The van der Waals surface area contributed by atoms with Gasteiger partial charge in [-0.3, -0.25) is 4.68 Å². The molecule has 1 aliphatic rings. The molecular weight excluding hydrogens is 226 g/mol. The summed E-state index contributed by atoms with van der Waals surface area (Å²) in [7, 11) is -0.945. The number of nitrogens with one attached hydrogen (secondary N) is 1. The van der Waals surface area contributed by atoms with Gasteiger partial charge in [0.2, 0.25) is 0 Å². The lowest BCUT2D eigenvalue weighted by Gasteiger charge is -2.22. The topological polar surface area (TPSA) is 64.0 Å². The van der Waals surface area contributed by atoms with E-state index in [1.807, 2.05) is 13.2 Å². The van der Waals surface area contributed by atoms with Crippen LogP contribution in [0.25, 0.3) is 0 Å². The Morgan fingerprint density at radius 1 is 1.62 bits per heavy atom. The van der Waals surface area contributed by atoms with Crippen LogP contribution in [0.5, 0.6) is 0 Å². The van der Waals surface area contributed by atoms with Gasteiger partial charge in [-0.1, -0.05) is 0 Å². The highest BCUT2D eigenvalue weighted by Crippen LogP contribution is 2.12. The minimum absolute atomic E-state index is 0.0963. The van der Waals surface area contributed by atoms with Crippen molar-refractivity contribution < 1.29 is 8.42 Å². The summed E-state index contributed by atoms with van der Waals surface area (Å²) < 4.78 is 24.6. The van der Waals surface area contributed by atoms with Crippen LogP contribution in [0.15, 0.2) is 12.4 Å². The Bertz CT molecular complexity index is 452. The number of hydrogen-bond acceptors (Lipinski definition) is 4. The number of aryl methyl sites for hydroxylation is 1. The Hall–Kier alpha value is -0.880. The van der Waals surface area contributed by atoms with Crippen LogP contribution in [0.2, 0.25) is 0 Å². The van der Waals surface area contributed by atoms with E-state index in [-0.39, 0.29) is 11.8 Å². The van der Waals surface area contributed by atoms with E-state index in [4.69, 9.17) is 0 Å². The van der Waals surface area contributed by atoms with Gasteiger partial charge in [0.1, 0.15) is 0 Å². The lowest BCUT2D eigenvalue weighted by Crippen LogP contribution is -2.39. The molecule has 0 bridgehead atoms. The maximum Gasteiger partial charge on any atom is 0.151 e. The largest absolute Gasteiger partial charge is 0.309 e. The van der Waals surface area contributed by atoms with Gasteiger partial charge in [-0.15, -0.1) is 0 Å². The molecule has 0 radical (unpaired) electrons. The van der Waals surface area contributed by atoms with Crippen LogP contribution in [0.1, 0.15) is 18.4 Å². The molecule has 1 atom stereocenters. The Balaban J connectivity index is 1.86. The summed E-state index contributed by atoms with van der Waals surface area (Å²) in [6, 6.07) is 0.0963. The van der Waals surface area contributed by atoms with Crippen molar-refractivity contribution in [2.24, 2.45) is 7.05 Å². The first kappa shape index (κ1) is 11.6. The van der Waals surface area contributed by atoms with Crippen LogP contribution in [-0.4, -0.2) is 35.7 Å². The fourth-order valence-electron chi connectivity index (χ4n) is 2.01. The van der Waals surface area contributed by atoms with Crippen molar-refractivity contribution in [1.82, 2.24) is 15.1 Å². The van der Waals surface area contributed by atoms with E-state index in [0.29, 0.717) is 12.3 Å². The Kier molecular flexibility index (Phi) is 3.30. The summed E-state index contributed by atoms with van der Waals surface area (Å²) in [6.07, 6.45) is 5.45. The number of hydrogen-bond donors (Lipinski definition) is 1. The van der Waals surface area contributed by atoms with Crippen LogP contribution < -0.4 is 5.32 Å². The standard InChI is InChI=1S/C10H17N3O2S/c1-13-7-9(6-12-13)5-11-10-3-2-4-16(14,15)8-10/h6-7,10-11H,2-5,8H2,1H3. The van der Waals surface area contributed by atoms with E-state index in [2.05, 4.69) is 10.4 Å². The Morgan fingerprint density at radius 3 is 3.06 bits per heavy atom. The molecule has 1 aromatic heterocycles. The molecule has 2 rings (SSSR count). The molecule has 5 nitrogen and oxygen atoms in total. The van der Waals surface area contributed by atoms with Crippen molar-refractivity contribution in [2.45, 2.75) is 25.4 Å². The molecule has 1 unspecified atom stereocenters. The van der Waals surface area contributed by atoms with Crippen LogP contribution in [0.4, 0.5) is 0 Å². The summed E-state index contributed by atoms with van der Waals surface area (Å²) in [5.74, 6) is 0.616. The van der Waals surface area contributed by atoms with Crippen molar-refractivity contribution in [2.75, 3.05) is 11.5 Å². The van der Waals surface area contributed by atoms with Crippen LogP contribution in [0, 0.1) is 0 Å². The molecule has 2 heterocycles. The van der Waals surface area contributed by atoms with Gasteiger partial charge in [-0.05, 0) is 12.8 Å². The van der Waals surface area contributed by atoms with Gasteiger partial charge < -0.3 is 5.32 Å². The van der Waals surface area contributed by atoms with Gasteiger partial charge in [0, 0.05) is 31.4 Å². The summed E-state index contributed by atoms with van der Waals surface area (Å²) in [5, 5.41) is 7.34. The van der Waals surface area contributed by atoms with Crippen molar-refractivity contribution in [3.05, 3.63) is 18.0 Å². The molecule has 1 aliphatic heterocycles. The minimum Gasteiger partial charge on any atom is -0.309 e. The molecule has 6 heteroatoms. The molecule has 0 aliphatic carbocycles. The predicted molar refractivity (Wildman–Crippen MR) is 61.7 cm³/mol. The highest BCUT2D eigenvalue weighted by Gasteiger charge is 2.24. The molecular formula is C10H17N3O2S. The second kappa shape index (κ2) is 4.55. The SMILES string of the molecule is Cn1cc(CNC2CCCS(=O)(=O)C2)cn1. The molecule has 16 heavy (non-hydrogen) atoms. The first-order valence-electron chi connectivity index (χ1n) is 5.46. The fraction of sp³-hybridized carbons (Fsp3) is 0.700. The lowest BCUT2D eigenvalue weighted by molar-refractivity contribution is 0.480. The third-order valence-electron chi connectivity index (χ3n) is 2.82. The molecule has 1 saturated heterocycles. The van der Waals surface area contributed by atoms with Crippen molar-refractivity contribution >= 4 is 9.84 Å². The maximum absolute atomic E-state index is 11.4. The van der Waals surface area contributed by atoms with Gasteiger partial charge >= 0.3 is 0 Å². The summed E-state index contributed by atoms with van der Waals surface area (Å²) in [6.45, 7) is 0.689. The predicted octanol–water partition coefficient (Wildman–Crippen LogP) is 0.0869. The normalized spacial score (nSPS) is 24.4. The maximum atomic E-state index is 11.4. The smallest absolute Gasteiger partial charge is 0.151 e. The molecule has 0 spiro atoms. The van der Waals surface area contributed by atoms with Gasteiger partial charge in [-0.2, -0.15) is 5.10 Å². The highest BCUT2D eigenvalue weighted by molar-refractivity contribution is 7.91. The monoisotopic (exact) mass is 243 g/mol. The highest BCUT2D eigenvalue weighted by atomic mass is 32.2. The lowest BCUT2D eigenvalue weighted by atomic mass is 10.2. The van der Waals surface area contributed by atoms with Crippen molar-refractivity contribution in [3.63, 3.8) is 0 Å². The number of rotatable bonds is 3. The third-order valence-corrected chi connectivity index (χ3v) is 4.64. The van der Waals surface area contributed by atoms with Gasteiger partial charge in [0.05, 0.1) is 17.7 Å². The number of nitrogens with zero attached hydrogens (tertiary/aromatic N) is 2. The minimum atomic E-state index is -2.81. The zero-order valence-electron chi connectivity index (χ0n) is 9.39. The second-order valence-corrected chi connectivity index (χ2v) is 6.59. The van der Waals surface area contributed by atoms with E-state index in [1.54, 1.807) is 10.9 Å². The summed E-state index contributed by atoms with van der Waals surface area (Å²) in [4.78, 5) is 0. The molecule has 90 valence electrons. The van der Waals surface area contributed by atoms with E-state index < -0.39 is 9.84 Å². The van der Waals surface area contributed by atoms with Crippen molar-refractivity contribution in [3.8, 4) is 0 Å². The zero-order chi connectivity index (χ0) is 11.6. The number of aromatic nitrogens is 2. The quantitative estimate of drug-likeness (QED) is 0.817. The average Bonchev–Trinajstić information content (AvgIpc) is 2.60. The van der Waals surface area contributed by atoms with Gasteiger partial charge in [-0.25, -0.2) is 8.42 Å². The van der Waals surface area contributed by atoms with E-state index in [1.165, 1.54) is 0 Å². The molecule has 0 amide bonds. The van der Waals surface area contributed by atoms with Gasteiger partial charge in [0.25, 0.3) is 0 Å². The average molecular weight is 243 g/mol. The van der Waals surface area contributed by atoms with E-state index in [9.17, 15) is 8.42 Å². The Labute approximate surface area is 95.8 Å². The first-order chi connectivity index (χ1) is 7.55. The van der Waals surface area contributed by atoms with Crippen LogP contribution >= 0.6 is 0 Å². The fourth-order valence-corrected chi connectivity index (χ4v) is 3.68. The van der Waals surface area contributed by atoms with Crippen molar-refractivity contribution in [1.29, 1.82) is 0 Å². The number of sulfone groups is 1.